The summed E-state index contributed by atoms with van der Waals surface area (Å²) in [6.45, 7) is 2.07. The van der Waals surface area contributed by atoms with Crippen LogP contribution in [-0.2, 0) is 12.8 Å². The number of aromatic nitrogens is 1. The van der Waals surface area contributed by atoms with Crippen LogP contribution in [0.3, 0.4) is 0 Å². The summed E-state index contributed by atoms with van der Waals surface area (Å²) in [5.41, 5.74) is 10.7. The highest BCUT2D eigenvalue weighted by atomic mass is 16.5. The smallest absolute Gasteiger partial charge is 0.149 e. The predicted molar refractivity (Wildman–Crippen MR) is 94.5 cm³/mol. The van der Waals surface area contributed by atoms with Gasteiger partial charge in [-0.1, -0.05) is 6.07 Å². The molecular formula is C19H25N3O. The van der Waals surface area contributed by atoms with Gasteiger partial charge in [-0.05, 0) is 82.1 Å². The summed E-state index contributed by atoms with van der Waals surface area (Å²) in [5, 5.41) is 0. The highest BCUT2D eigenvalue weighted by molar-refractivity contribution is 5.69. The molecule has 0 radical (unpaired) electrons. The topological polar surface area (TPSA) is 51.4 Å². The first-order valence-electron chi connectivity index (χ1n) is 8.27. The quantitative estimate of drug-likeness (QED) is 0.878. The normalized spacial score (nSPS) is 15.3. The van der Waals surface area contributed by atoms with Crippen molar-refractivity contribution in [1.82, 2.24) is 9.88 Å². The van der Waals surface area contributed by atoms with Crippen LogP contribution >= 0.6 is 0 Å². The molecule has 1 aromatic carbocycles. The van der Waals surface area contributed by atoms with Gasteiger partial charge in [-0.2, -0.15) is 0 Å². The van der Waals surface area contributed by atoms with Gasteiger partial charge in [0.25, 0.3) is 0 Å². The first kappa shape index (κ1) is 15.8. The SMILES string of the molecule is CC(Oc1ccc(-c2cccc(N)n2)c2c1CCCC2)N(C)C. The van der Waals surface area contributed by atoms with Crippen LogP contribution < -0.4 is 10.5 Å². The van der Waals surface area contributed by atoms with Crippen molar-refractivity contribution in [1.29, 1.82) is 0 Å². The fourth-order valence-corrected chi connectivity index (χ4v) is 3.08. The third kappa shape index (κ3) is 3.32. The Morgan fingerprint density at radius 3 is 2.52 bits per heavy atom. The standard InChI is InChI=1S/C19H25N3O/c1-13(22(2)3)23-18-12-11-15(14-7-4-5-8-16(14)18)17-9-6-10-19(20)21-17/h6,9-13H,4-5,7-8H2,1-3H3,(H2,20,21). The molecule has 2 aromatic rings. The molecule has 0 fully saturated rings. The van der Waals surface area contributed by atoms with Gasteiger partial charge in [0, 0.05) is 5.56 Å². The Morgan fingerprint density at radius 1 is 1.09 bits per heavy atom. The van der Waals surface area contributed by atoms with Crippen molar-refractivity contribution >= 4 is 5.82 Å². The number of benzene rings is 1. The predicted octanol–water partition coefficient (Wildman–Crippen LogP) is 3.50. The highest BCUT2D eigenvalue weighted by Gasteiger charge is 2.20. The molecule has 4 nitrogen and oxygen atoms in total. The van der Waals surface area contributed by atoms with Crippen molar-refractivity contribution in [2.24, 2.45) is 0 Å². The molecule has 0 amide bonds. The minimum atomic E-state index is 0.0531. The Labute approximate surface area is 138 Å². The average molecular weight is 311 g/mol. The van der Waals surface area contributed by atoms with Crippen LogP contribution in [0.2, 0.25) is 0 Å². The van der Waals surface area contributed by atoms with E-state index >= 15 is 0 Å². The zero-order valence-corrected chi connectivity index (χ0v) is 14.2. The highest BCUT2D eigenvalue weighted by Crippen LogP contribution is 2.37. The van der Waals surface area contributed by atoms with E-state index in [2.05, 4.69) is 28.9 Å². The number of hydrogen-bond donors (Lipinski definition) is 1. The molecule has 0 saturated carbocycles. The van der Waals surface area contributed by atoms with Gasteiger partial charge in [0.05, 0.1) is 5.69 Å². The molecule has 122 valence electrons. The second-order valence-corrected chi connectivity index (χ2v) is 6.40. The van der Waals surface area contributed by atoms with E-state index < -0.39 is 0 Å². The number of rotatable bonds is 4. The van der Waals surface area contributed by atoms with Crippen LogP contribution in [0.4, 0.5) is 5.82 Å². The summed E-state index contributed by atoms with van der Waals surface area (Å²) < 4.78 is 6.17. The molecule has 0 aliphatic heterocycles. The van der Waals surface area contributed by atoms with E-state index in [-0.39, 0.29) is 6.23 Å². The van der Waals surface area contributed by atoms with Crippen LogP contribution in [0.1, 0.15) is 30.9 Å². The van der Waals surface area contributed by atoms with Crippen LogP contribution in [0.15, 0.2) is 30.3 Å². The second-order valence-electron chi connectivity index (χ2n) is 6.40. The van der Waals surface area contributed by atoms with Crippen molar-refractivity contribution in [3.8, 4) is 17.0 Å². The molecule has 1 heterocycles. The molecule has 0 spiro atoms. The van der Waals surface area contributed by atoms with E-state index in [1.54, 1.807) is 0 Å². The minimum Gasteiger partial charge on any atom is -0.475 e. The van der Waals surface area contributed by atoms with E-state index in [0.29, 0.717) is 5.82 Å². The maximum absolute atomic E-state index is 6.17. The maximum Gasteiger partial charge on any atom is 0.149 e. The van der Waals surface area contributed by atoms with Crippen molar-refractivity contribution in [3.63, 3.8) is 0 Å². The molecule has 1 atom stereocenters. The van der Waals surface area contributed by atoms with Gasteiger partial charge >= 0.3 is 0 Å². The van der Waals surface area contributed by atoms with Gasteiger partial charge in [-0.15, -0.1) is 0 Å². The van der Waals surface area contributed by atoms with Crippen LogP contribution in [-0.4, -0.2) is 30.2 Å². The molecule has 1 aliphatic rings. The third-order valence-electron chi connectivity index (χ3n) is 4.56. The van der Waals surface area contributed by atoms with Crippen LogP contribution in [0.5, 0.6) is 5.75 Å². The number of fused-ring (bicyclic) bond motifs is 1. The second kappa shape index (κ2) is 6.59. The van der Waals surface area contributed by atoms with E-state index in [9.17, 15) is 0 Å². The molecule has 4 heteroatoms. The molecule has 1 aromatic heterocycles. The van der Waals surface area contributed by atoms with Crippen molar-refractivity contribution < 1.29 is 4.74 Å². The Bertz CT molecular complexity index is 697. The monoisotopic (exact) mass is 311 g/mol. The number of anilines is 1. The molecular weight excluding hydrogens is 286 g/mol. The van der Waals surface area contributed by atoms with E-state index in [4.69, 9.17) is 10.5 Å². The number of nitrogens with zero attached hydrogens (tertiary/aromatic N) is 2. The molecule has 0 saturated heterocycles. The largest absolute Gasteiger partial charge is 0.475 e. The van der Waals surface area contributed by atoms with Gasteiger partial charge in [-0.25, -0.2) is 4.98 Å². The van der Waals surface area contributed by atoms with Gasteiger partial charge in [0.1, 0.15) is 17.8 Å². The molecule has 2 N–H and O–H groups in total. The lowest BCUT2D eigenvalue weighted by molar-refractivity contribution is 0.0803. The number of hydrogen-bond acceptors (Lipinski definition) is 4. The zero-order chi connectivity index (χ0) is 16.4. The van der Waals surface area contributed by atoms with Crippen LogP contribution in [0, 0.1) is 0 Å². The van der Waals surface area contributed by atoms with E-state index in [1.807, 2.05) is 32.3 Å². The molecule has 1 unspecified atom stereocenters. The first-order chi connectivity index (χ1) is 11.1. The Morgan fingerprint density at radius 2 is 1.83 bits per heavy atom. The van der Waals surface area contributed by atoms with Crippen molar-refractivity contribution in [2.75, 3.05) is 19.8 Å². The summed E-state index contributed by atoms with van der Waals surface area (Å²) in [5.74, 6) is 1.57. The van der Waals surface area contributed by atoms with Crippen molar-refractivity contribution in [3.05, 3.63) is 41.5 Å². The van der Waals surface area contributed by atoms with Crippen molar-refractivity contribution in [2.45, 2.75) is 38.8 Å². The summed E-state index contributed by atoms with van der Waals surface area (Å²) in [4.78, 5) is 6.57. The first-order valence-corrected chi connectivity index (χ1v) is 8.27. The number of pyridine rings is 1. The Hall–Kier alpha value is -2.07. The van der Waals surface area contributed by atoms with Gasteiger partial charge in [-0.3, -0.25) is 4.90 Å². The van der Waals surface area contributed by atoms with Gasteiger partial charge in [0.2, 0.25) is 0 Å². The summed E-state index contributed by atoms with van der Waals surface area (Å²) >= 11 is 0. The third-order valence-corrected chi connectivity index (χ3v) is 4.56. The maximum atomic E-state index is 6.17. The lowest BCUT2D eigenvalue weighted by Crippen LogP contribution is -2.30. The zero-order valence-electron chi connectivity index (χ0n) is 14.2. The lowest BCUT2D eigenvalue weighted by atomic mass is 9.86. The summed E-state index contributed by atoms with van der Waals surface area (Å²) in [7, 11) is 4.06. The number of nitrogens with two attached hydrogens (primary N) is 1. The van der Waals surface area contributed by atoms with Crippen LogP contribution in [0.25, 0.3) is 11.3 Å². The Balaban J connectivity index is 2.03. The molecule has 0 bridgehead atoms. The number of nitrogen functional groups attached to an aromatic ring is 1. The summed E-state index contributed by atoms with van der Waals surface area (Å²) in [6.07, 6.45) is 4.63. The van der Waals surface area contributed by atoms with E-state index in [1.165, 1.54) is 29.5 Å². The Kier molecular flexibility index (Phi) is 4.53. The lowest BCUT2D eigenvalue weighted by Gasteiger charge is -2.27. The summed E-state index contributed by atoms with van der Waals surface area (Å²) in [6, 6.07) is 10.0. The minimum absolute atomic E-state index is 0.0531. The molecule has 1 aliphatic carbocycles. The average Bonchev–Trinajstić information content (AvgIpc) is 2.55. The number of ether oxygens (including phenoxy) is 1. The molecule has 23 heavy (non-hydrogen) atoms. The van der Waals surface area contributed by atoms with Gasteiger partial charge < -0.3 is 10.5 Å². The fourth-order valence-electron chi connectivity index (χ4n) is 3.08. The van der Waals surface area contributed by atoms with Gasteiger partial charge in [0.15, 0.2) is 0 Å². The molecule has 3 rings (SSSR count). The van der Waals surface area contributed by atoms with E-state index in [0.717, 1.165) is 24.3 Å². The fraction of sp³-hybridized carbons (Fsp3) is 0.421.